The number of hydrogen-bond acceptors (Lipinski definition) is 6. The minimum Gasteiger partial charge on any atom is -0.409 e. The minimum atomic E-state index is -5.38. The third-order valence-corrected chi connectivity index (χ3v) is 5.78. The van der Waals surface area contributed by atoms with Gasteiger partial charge in [0.15, 0.2) is 5.75 Å². The Morgan fingerprint density at radius 2 is 1.84 bits per heavy atom. The predicted octanol–water partition coefficient (Wildman–Crippen LogP) is 4.80. The van der Waals surface area contributed by atoms with Crippen molar-refractivity contribution < 1.29 is 45.4 Å². The summed E-state index contributed by atoms with van der Waals surface area (Å²) in [5.74, 6) is -1.91. The molecule has 0 aliphatic carbocycles. The number of rotatable bonds is 7. The average Bonchev–Trinajstić information content (AvgIpc) is 3.27. The highest BCUT2D eigenvalue weighted by molar-refractivity contribution is 6.10. The summed E-state index contributed by atoms with van der Waals surface area (Å²) in [5.41, 5.74) is -6.09. The summed E-state index contributed by atoms with van der Waals surface area (Å²) in [6.45, 7) is 0.586. The highest BCUT2D eigenvalue weighted by Gasteiger charge is 2.41. The number of alkyl halides is 6. The topological polar surface area (TPSA) is 97.7 Å². The minimum absolute atomic E-state index is 0.0290. The van der Waals surface area contributed by atoms with Gasteiger partial charge >= 0.3 is 18.4 Å². The van der Waals surface area contributed by atoms with Gasteiger partial charge in [0.2, 0.25) is 0 Å². The lowest BCUT2D eigenvalue weighted by atomic mass is 9.98. The average molecular weight is 548 g/mol. The van der Waals surface area contributed by atoms with Crippen LogP contribution in [0.15, 0.2) is 42.6 Å². The molecular weight excluding hydrogens is 525 g/mol. The molecule has 0 spiro atoms. The second kappa shape index (κ2) is 11.0. The number of halogens is 7. The van der Waals surface area contributed by atoms with Crippen LogP contribution < -0.4 is 20.3 Å². The molecule has 206 valence electrons. The first-order chi connectivity index (χ1) is 17.6. The van der Waals surface area contributed by atoms with E-state index in [0.717, 1.165) is 42.4 Å². The number of anilines is 1. The monoisotopic (exact) mass is 548 g/mol. The maximum atomic E-state index is 13.9. The van der Waals surface area contributed by atoms with Gasteiger partial charge in [-0.2, -0.15) is 26.3 Å². The Bertz CT molecular complexity index is 1210. The van der Waals surface area contributed by atoms with Crippen LogP contribution >= 0.6 is 0 Å². The molecule has 1 unspecified atom stereocenters. The van der Waals surface area contributed by atoms with Crippen LogP contribution in [0.4, 0.5) is 41.2 Å². The second-order valence-electron chi connectivity index (χ2n) is 8.58. The molecule has 7 nitrogen and oxygen atoms in total. The highest BCUT2D eigenvalue weighted by Crippen LogP contribution is 2.44. The number of benzene rings is 2. The molecule has 1 heterocycles. The van der Waals surface area contributed by atoms with Crippen LogP contribution in [0, 0.1) is 11.2 Å². The first-order valence-electron chi connectivity index (χ1n) is 11.1. The molecule has 0 saturated carbocycles. The molecule has 0 radical (unpaired) electrons. The maximum Gasteiger partial charge on any atom is 0.420 e. The van der Waals surface area contributed by atoms with Gasteiger partial charge in [0.05, 0.1) is 16.7 Å². The number of nitrogens with zero attached hydrogens (tertiary/aromatic N) is 1. The normalized spacial score (nSPS) is 18.3. The van der Waals surface area contributed by atoms with Crippen LogP contribution in [0.3, 0.4) is 0 Å². The quantitative estimate of drug-likeness (QED) is 0.295. The SMILES string of the molecule is CN(C(=O)Oc1c(/C(C=N)=C/NCC2(O)CCNC2)cc(C(F)(F)F)cc1C(F)(F)F)c1ccc(F)cc1. The summed E-state index contributed by atoms with van der Waals surface area (Å²) in [6.07, 6.45) is -10.2. The van der Waals surface area contributed by atoms with Gasteiger partial charge in [-0.1, -0.05) is 0 Å². The number of ether oxygens (including phenoxy) is 1. The molecule has 1 aliphatic heterocycles. The zero-order valence-electron chi connectivity index (χ0n) is 19.8. The molecule has 1 amide bonds. The van der Waals surface area contributed by atoms with Gasteiger partial charge in [-0.05, 0) is 49.4 Å². The molecule has 2 aromatic rings. The molecule has 0 bridgehead atoms. The Morgan fingerprint density at radius 1 is 1.18 bits per heavy atom. The van der Waals surface area contributed by atoms with E-state index in [1.807, 2.05) is 0 Å². The fourth-order valence-corrected chi connectivity index (χ4v) is 3.68. The van der Waals surface area contributed by atoms with Crippen molar-refractivity contribution in [1.82, 2.24) is 10.6 Å². The second-order valence-corrected chi connectivity index (χ2v) is 8.58. The summed E-state index contributed by atoms with van der Waals surface area (Å²) in [7, 11) is 1.11. The van der Waals surface area contributed by atoms with Crippen molar-refractivity contribution in [2.24, 2.45) is 0 Å². The number of carbonyl (C=O) groups excluding carboxylic acids is 1. The molecule has 14 heteroatoms. The van der Waals surface area contributed by atoms with E-state index < -0.39 is 57.9 Å². The van der Waals surface area contributed by atoms with E-state index in [0.29, 0.717) is 25.2 Å². The zero-order chi connectivity index (χ0) is 28.3. The van der Waals surface area contributed by atoms with Crippen LogP contribution in [-0.2, 0) is 12.4 Å². The molecule has 2 aromatic carbocycles. The Morgan fingerprint density at radius 3 is 2.37 bits per heavy atom. The molecule has 38 heavy (non-hydrogen) atoms. The van der Waals surface area contributed by atoms with Crippen LogP contribution in [0.5, 0.6) is 5.75 Å². The molecule has 3 rings (SSSR count). The van der Waals surface area contributed by atoms with Gasteiger partial charge in [0.25, 0.3) is 0 Å². The van der Waals surface area contributed by atoms with Crippen molar-refractivity contribution in [3.8, 4) is 5.75 Å². The number of allylic oxidation sites excluding steroid dienone is 1. The van der Waals surface area contributed by atoms with E-state index in [2.05, 4.69) is 10.6 Å². The first-order valence-corrected chi connectivity index (χ1v) is 11.1. The van der Waals surface area contributed by atoms with Gasteiger partial charge in [0, 0.05) is 49.4 Å². The van der Waals surface area contributed by atoms with Crippen molar-refractivity contribution in [3.63, 3.8) is 0 Å². The summed E-state index contributed by atoms with van der Waals surface area (Å²) in [6, 6.07) is 4.40. The molecule has 1 fully saturated rings. The van der Waals surface area contributed by atoms with E-state index in [9.17, 15) is 40.6 Å². The van der Waals surface area contributed by atoms with Gasteiger partial charge in [-0.15, -0.1) is 0 Å². The van der Waals surface area contributed by atoms with Crippen LogP contribution in [0.1, 0.15) is 23.1 Å². The lowest BCUT2D eigenvalue weighted by molar-refractivity contribution is -0.143. The van der Waals surface area contributed by atoms with Crippen molar-refractivity contribution in [2.45, 2.75) is 24.4 Å². The third-order valence-electron chi connectivity index (χ3n) is 5.78. The van der Waals surface area contributed by atoms with E-state index in [1.54, 1.807) is 0 Å². The Labute approximate surface area is 212 Å². The highest BCUT2D eigenvalue weighted by atomic mass is 19.4. The lowest BCUT2D eigenvalue weighted by Crippen LogP contribution is -2.40. The van der Waals surface area contributed by atoms with Crippen molar-refractivity contribution in [1.29, 1.82) is 5.41 Å². The fraction of sp³-hybridized carbons (Fsp3) is 0.333. The molecule has 1 saturated heterocycles. The summed E-state index contributed by atoms with van der Waals surface area (Å²) < 4.78 is 101. The molecule has 1 aliphatic rings. The van der Waals surface area contributed by atoms with E-state index in [-0.39, 0.29) is 24.8 Å². The molecule has 1 atom stereocenters. The van der Waals surface area contributed by atoms with Gasteiger partial charge in [-0.25, -0.2) is 9.18 Å². The lowest BCUT2D eigenvalue weighted by Gasteiger charge is -2.23. The van der Waals surface area contributed by atoms with Crippen molar-refractivity contribution in [2.75, 3.05) is 31.6 Å². The Balaban J connectivity index is 2.09. The predicted molar refractivity (Wildman–Crippen MR) is 124 cm³/mol. The van der Waals surface area contributed by atoms with Gasteiger partial charge < -0.3 is 25.9 Å². The van der Waals surface area contributed by atoms with E-state index in [1.165, 1.54) is 0 Å². The summed E-state index contributed by atoms with van der Waals surface area (Å²) in [4.78, 5) is 13.5. The van der Waals surface area contributed by atoms with Gasteiger partial charge in [0.1, 0.15) is 5.82 Å². The van der Waals surface area contributed by atoms with Crippen LogP contribution in [-0.4, -0.2) is 49.7 Å². The smallest absolute Gasteiger partial charge is 0.409 e. The van der Waals surface area contributed by atoms with Crippen molar-refractivity contribution >= 4 is 23.6 Å². The number of hydrogen-bond donors (Lipinski definition) is 4. The zero-order valence-corrected chi connectivity index (χ0v) is 19.8. The summed E-state index contributed by atoms with van der Waals surface area (Å²) >= 11 is 0. The van der Waals surface area contributed by atoms with Gasteiger partial charge in [-0.3, -0.25) is 4.90 Å². The number of β-amino-alcohol motifs (C(OH)–C–C–N with tert-alkyl or cyclic N) is 1. The number of amides is 1. The number of nitrogens with one attached hydrogen (secondary N) is 3. The molecule has 0 aromatic heterocycles. The molecule has 4 N–H and O–H groups in total. The number of aliphatic hydroxyl groups is 1. The Hall–Kier alpha value is -3.65. The van der Waals surface area contributed by atoms with Crippen LogP contribution in [0.25, 0.3) is 5.57 Å². The van der Waals surface area contributed by atoms with E-state index >= 15 is 0 Å². The van der Waals surface area contributed by atoms with E-state index in [4.69, 9.17) is 10.1 Å². The first kappa shape index (κ1) is 28.9. The van der Waals surface area contributed by atoms with Crippen LogP contribution in [0.2, 0.25) is 0 Å². The number of carbonyl (C=O) groups is 1. The molecular formula is C24H23F7N4O3. The largest absolute Gasteiger partial charge is 0.420 e. The maximum absolute atomic E-state index is 13.9. The Kier molecular flexibility index (Phi) is 8.36. The fourth-order valence-electron chi connectivity index (χ4n) is 3.68. The standard InChI is InChI=1S/C24H23F7N4O3/c1-35(17-4-2-16(25)3-5-17)21(36)38-20-18(8-15(23(26,27)28)9-19(20)24(29,30)31)14(10-32)11-34-13-22(37)6-7-33-12-22/h2-5,8-11,32-34,37H,6-7,12-13H2,1H3/b14-11+,32-10?. The van der Waals surface area contributed by atoms with Crippen molar-refractivity contribution in [3.05, 3.63) is 65.1 Å². The summed E-state index contributed by atoms with van der Waals surface area (Å²) in [5, 5.41) is 23.6. The third kappa shape index (κ3) is 6.81.